The van der Waals surface area contributed by atoms with Crippen molar-refractivity contribution in [2.45, 2.75) is 25.2 Å². The number of aromatic nitrogens is 2. The number of benzene rings is 1. The van der Waals surface area contributed by atoms with Gasteiger partial charge in [-0.1, -0.05) is 0 Å². The Hall–Kier alpha value is -2.62. The first-order valence-corrected chi connectivity index (χ1v) is 8.08. The Labute approximate surface area is 133 Å². The Balaban J connectivity index is 1.85. The third-order valence-electron chi connectivity index (χ3n) is 4.80. The number of ether oxygens (including phenoxy) is 1. The van der Waals surface area contributed by atoms with E-state index in [0.717, 1.165) is 23.4 Å². The van der Waals surface area contributed by atoms with Gasteiger partial charge < -0.3 is 9.72 Å². The van der Waals surface area contributed by atoms with Gasteiger partial charge in [0, 0.05) is 23.6 Å². The number of H-pyrrole nitrogens is 1. The van der Waals surface area contributed by atoms with Gasteiger partial charge in [-0.3, -0.25) is 4.79 Å². The van der Waals surface area contributed by atoms with Gasteiger partial charge >= 0.3 is 0 Å². The number of hydrogen-bond donors (Lipinski definition) is 1. The van der Waals surface area contributed by atoms with E-state index in [1.54, 1.807) is 6.20 Å². The fraction of sp³-hybridized carbons (Fsp3) is 0.263. The molecule has 2 aliphatic rings. The van der Waals surface area contributed by atoms with E-state index >= 15 is 0 Å². The Kier molecular flexibility index (Phi) is 2.62. The highest BCUT2D eigenvalue weighted by Crippen LogP contribution is 2.45. The largest absolute Gasteiger partial charge is 0.493 e. The summed E-state index contributed by atoms with van der Waals surface area (Å²) in [5, 5.41) is 1.22. The Morgan fingerprint density at radius 3 is 2.96 bits per heavy atom. The molecule has 0 spiro atoms. The van der Waals surface area contributed by atoms with Crippen LogP contribution in [0.25, 0.3) is 22.2 Å². The van der Waals surface area contributed by atoms with Gasteiger partial charge in [0.25, 0.3) is 5.56 Å². The second kappa shape index (κ2) is 4.69. The molecule has 114 valence electrons. The van der Waals surface area contributed by atoms with Gasteiger partial charge in [0.05, 0.1) is 23.4 Å². The van der Waals surface area contributed by atoms with Gasteiger partial charge in [0.2, 0.25) is 0 Å². The Morgan fingerprint density at radius 1 is 1.22 bits per heavy atom. The first-order chi connectivity index (χ1) is 11.3. The zero-order chi connectivity index (χ0) is 15.4. The van der Waals surface area contributed by atoms with Crippen LogP contribution >= 0.6 is 0 Å². The first kappa shape index (κ1) is 12.9. The molecule has 0 saturated heterocycles. The van der Waals surface area contributed by atoms with Gasteiger partial charge in [-0.25, -0.2) is 4.98 Å². The summed E-state index contributed by atoms with van der Waals surface area (Å²) >= 11 is 0. The lowest BCUT2D eigenvalue weighted by molar-refractivity contribution is 0.357. The molecule has 1 N–H and O–H groups in total. The van der Waals surface area contributed by atoms with Crippen molar-refractivity contribution in [3.05, 3.63) is 58.0 Å². The van der Waals surface area contributed by atoms with E-state index in [0.29, 0.717) is 18.1 Å². The molecule has 1 aliphatic heterocycles. The number of nitrogens with zero attached hydrogens (tertiary/aromatic N) is 1. The lowest BCUT2D eigenvalue weighted by Crippen LogP contribution is -2.08. The fourth-order valence-corrected chi connectivity index (χ4v) is 3.49. The number of hydrogen-bond acceptors (Lipinski definition) is 3. The number of aromatic amines is 1. The molecule has 4 nitrogen and oxygen atoms in total. The molecular weight excluding hydrogens is 288 g/mol. The molecule has 4 heteroatoms. The van der Waals surface area contributed by atoms with Crippen LogP contribution in [0.2, 0.25) is 0 Å². The van der Waals surface area contributed by atoms with Gasteiger partial charge in [0.1, 0.15) is 5.75 Å². The minimum Gasteiger partial charge on any atom is -0.493 e. The van der Waals surface area contributed by atoms with E-state index in [4.69, 9.17) is 9.72 Å². The van der Waals surface area contributed by atoms with Crippen LogP contribution < -0.4 is 10.3 Å². The smallest absolute Gasteiger partial charge is 0.257 e. The molecule has 0 radical (unpaired) electrons. The van der Waals surface area contributed by atoms with E-state index < -0.39 is 0 Å². The summed E-state index contributed by atoms with van der Waals surface area (Å²) in [5.41, 5.74) is 4.81. The number of pyridine rings is 2. The minimum absolute atomic E-state index is 0.0927. The summed E-state index contributed by atoms with van der Waals surface area (Å²) in [5.74, 6) is 1.54. The third-order valence-corrected chi connectivity index (χ3v) is 4.80. The number of rotatable bonds is 2. The lowest BCUT2D eigenvalue weighted by Gasteiger charge is -2.11. The van der Waals surface area contributed by atoms with E-state index in [1.807, 2.05) is 12.1 Å². The molecule has 0 unspecified atom stereocenters. The monoisotopic (exact) mass is 304 g/mol. The highest BCUT2D eigenvalue weighted by molar-refractivity contribution is 5.90. The summed E-state index contributed by atoms with van der Waals surface area (Å²) < 4.78 is 5.68. The average Bonchev–Trinajstić information content (AvgIpc) is 3.30. The van der Waals surface area contributed by atoms with Crippen molar-refractivity contribution < 1.29 is 4.74 Å². The van der Waals surface area contributed by atoms with Crippen molar-refractivity contribution in [2.75, 3.05) is 6.61 Å². The molecule has 1 aromatic carbocycles. The van der Waals surface area contributed by atoms with E-state index in [1.165, 1.54) is 29.4 Å². The third kappa shape index (κ3) is 1.98. The molecule has 1 aliphatic carbocycles. The summed E-state index contributed by atoms with van der Waals surface area (Å²) in [6, 6.07) is 9.97. The second-order valence-corrected chi connectivity index (χ2v) is 6.32. The zero-order valence-electron chi connectivity index (χ0n) is 12.6. The molecule has 1 saturated carbocycles. The fourth-order valence-electron chi connectivity index (χ4n) is 3.49. The zero-order valence-corrected chi connectivity index (χ0v) is 12.6. The summed E-state index contributed by atoms with van der Waals surface area (Å²) in [7, 11) is 0. The molecule has 1 fully saturated rings. The topological polar surface area (TPSA) is 55.0 Å². The molecule has 23 heavy (non-hydrogen) atoms. The van der Waals surface area contributed by atoms with Crippen molar-refractivity contribution in [1.29, 1.82) is 0 Å². The highest BCUT2D eigenvalue weighted by atomic mass is 16.5. The van der Waals surface area contributed by atoms with Crippen molar-refractivity contribution in [3.63, 3.8) is 0 Å². The lowest BCUT2D eigenvalue weighted by atomic mass is 9.98. The normalized spacial score (nSPS) is 16.3. The Bertz CT molecular complexity index is 986. The molecule has 0 bridgehead atoms. The first-order valence-electron chi connectivity index (χ1n) is 8.08. The molecular formula is C19H16N2O2. The van der Waals surface area contributed by atoms with Gasteiger partial charge in [-0.2, -0.15) is 0 Å². The van der Waals surface area contributed by atoms with E-state index in [-0.39, 0.29) is 5.56 Å². The maximum Gasteiger partial charge on any atom is 0.257 e. The molecule has 5 rings (SSSR count). The Morgan fingerprint density at radius 2 is 2.13 bits per heavy atom. The summed E-state index contributed by atoms with van der Waals surface area (Å²) in [6.45, 7) is 0.713. The van der Waals surface area contributed by atoms with Crippen LogP contribution in [0, 0.1) is 0 Å². The second-order valence-electron chi connectivity index (χ2n) is 6.32. The maximum atomic E-state index is 12.2. The van der Waals surface area contributed by atoms with Crippen LogP contribution in [0.5, 0.6) is 5.75 Å². The molecule has 3 aromatic rings. The van der Waals surface area contributed by atoms with E-state index in [9.17, 15) is 4.79 Å². The molecule has 0 atom stereocenters. The predicted molar refractivity (Wildman–Crippen MR) is 89.0 cm³/mol. The van der Waals surface area contributed by atoms with Crippen LogP contribution in [0.15, 0.2) is 41.3 Å². The predicted octanol–water partition coefficient (Wildman–Crippen LogP) is 3.40. The van der Waals surface area contributed by atoms with Crippen molar-refractivity contribution in [1.82, 2.24) is 9.97 Å². The maximum absolute atomic E-state index is 12.2. The van der Waals surface area contributed by atoms with Gasteiger partial charge in [0.15, 0.2) is 0 Å². The quantitative estimate of drug-likeness (QED) is 0.789. The van der Waals surface area contributed by atoms with Crippen LogP contribution in [0.4, 0.5) is 0 Å². The number of fused-ring (bicyclic) bond motifs is 3. The van der Waals surface area contributed by atoms with Gasteiger partial charge in [-0.15, -0.1) is 0 Å². The average molecular weight is 304 g/mol. The van der Waals surface area contributed by atoms with Crippen LogP contribution in [-0.4, -0.2) is 16.6 Å². The summed E-state index contributed by atoms with van der Waals surface area (Å²) in [4.78, 5) is 19.8. The van der Waals surface area contributed by atoms with Crippen molar-refractivity contribution in [3.8, 4) is 17.0 Å². The van der Waals surface area contributed by atoms with Crippen LogP contribution in [0.1, 0.15) is 29.9 Å². The molecule has 3 heterocycles. The van der Waals surface area contributed by atoms with Crippen LogP contribution in [0.3, 0.4) is 0 Å². The number of nitrogens with one attached hydrogen (secondary N) is 1. The SMILES string of the molecule is O=c1[nH]cccc1-c1cc(C2CC2)c2ccc3c(c2n1)CCO3. The molecule has 2 aromatic heterocycles. The minimum atomic E-state index is -0.0927. The van der Waals surface area contributed by atoms with Crippen molar-refractivity contribution >= 4 is 10.9 Å². The van der Waals surface area contributed by atoms with Crippen LogP contribution in [-0.2, 0) is 6.42 Å². The van der Waals surface area contributed by atoms with Crippen molar-refractivity contribution in [2.24, 2.45) is 0 Å². The standard InChI is InChI=1S/C19H16N2O2/c22-19-13(2-1-8-20-19)16-10-15(11-3-4-11)12-5-6-17-14(7-9-23-17)18(12)21-16/h1-2,5-6,8,10-11H,3-4,7,9H2,(H,20,22). The highest BCUT2D eigenvalue weighted by Gasteiger charge is 2.28. The summed E-state index contributed by atoms with van der Waals surface area (Å²) in [6.07, 6.45) is 4.98. The molecule has 0 amide bonds. The van der Waals surface area contributed by atoms with E-state index in [2.05, 4.69) is 23.2 Å². The van der Waals surface area contributed by atoms with Gasteiger partial charge in [-0.05, 0) is 54.7 Å².